The third-order valence-corrected chi connectivity index (χ3v) is 4.00. The lowest BCUT2D eigenvalue weighted by atomic mass is 10.1. The van der Waals surface area contributed by atoms with Gasteiger partial charge in [0.2, 0.25) is 0 Å². The zero-order chi connectivity index (χ0) is 15.4. The molecule has 0 atom stereocenters. The van der Waals surface area contributed by atoms with E-state index in [-0.39, 0.29) is 5.91 Å². The number of methoxy groups -OCH3 is 1. The molecule has 21 heavy (non-hydrogen) atoms. The molecule has 6 heteroatoms. The van der Waals surface area contributed by atoms with Crippen molar-refractivity contribution in [3.05, 3.63) is 57.0 Å². The monoisotopic (exact) mass is 368 g/mol. The fourth-order valence-electron chi connectivity index (χ4n) is 1.85. The normalized spacial score (nSPS) is 10.4. The molecule has 110 valence electrons. The van der Waals surface area contributed by atoms with Gasteiger partial charge in [-0.1, -0.05) is 33.6 Å². The number of carbonyl (C=O) groups is 1. The number of amides is 1. The molecular weight excluding hydrogens is 356 g/mol. The molecule has 2 aromatic rings. The van der Waals surface area contributed by atoms with Crippen molar-refractivity contribution in [3.63, 3.8) is 0 Å². The minimum atomic E-state index is -0.256. The van der Waals surface area contributed by atoms with Gasteiger partial charge in [-0.2, -0.15) is 0 Å². The van der Waals surface area contributed by atoms with Gasteiger partial charge in [0.05, 0.1) is 17.3 Å². The van der Waals surface area contributed by atoms with E-state index in [1.807, 2.05) is 18.2 Å². The number of rotatable bonds is 4. The minimum absolute atomic E-state index is 0.256. The standard InChI is InChI=1S/C15H14BrClN2O2/c1-21-8-10-11(16)3-2-4-14(10)19-15(20)9-5-6-12(17)13(18)7-9/h2-7H,8,18H2,1H3,(H,19,20). The molecule has 4 nitrogen and oxygen atoms in total. The lowest BCUT2D eigenvalue weighted by molar-refractivity contribution is 0.102. The van der Waals surface area contributed by atoms with E-state index in [1.165, 1.54) is 0 Å². The number of benzene rings is 2. The molecule has 0 unspecified atom stereocenters. The van der Waals surface area contributed by atoms with Crippen LogP contribution in [-0.2, 0) is 11.3 Å². The van der Waals surface area contributed by atoms with Crippen LogP contribution >= 0.6 is 27.5 Å². The van der Waals surface area contributed by atoms with Crippen molar-refractivity contribution < 1.29 is 9.53 Å². The van der Waals surface area contributed by atoms with Crippen LogP contribution < -0.4 is 11.1 Å². The molecule has 0 fully saturated rings. The number of nitrogens with one attached hydrogen (secondary N) is 1. The second kappa shape index (κ2) is 6.93. The average Bonchev–Trinajstić information content (AvgIpc) is 2.45. The van der Waals surface area contributed by atoms with Crippen molar-refractivity contribution in [2.45, 2.75) is 6.61 Å². The van der Waals surface area contributed by atoms with Crippen molar-refractivity contribution in [2.75, 3.05) is 18.2 Å². The predicted octanol–water partition coefficient (Wildman–Crippen LogP) is 4.08. The highest BCUT2D eigenvalue weighted by molar-refractivity contribution is 9.10. The van der Waals surface area contributed by atoms with Crippen molar-refractivity contribution in [2.24, 2.45) is 0 Å². The van der Waals surface area contributed by atoms with E-state index in [0.29, 0.717) is 28.6 Å². The number of hydrogen-bond acceptors (Lipinski definition) is 3. The Labute approximate surface area is 136 Å². The fraction of sp³-hybridized carbons (Fsp3) is 0.133. The molecule has 0 heterocycles. The van der Waals surface area contributed by atoms with Gasteiger partial charge < -0.3 is 15.8 Å². The second-order valence-corrected chi connectivity index (χ2v) is 5.65. The van der Waals surface area contributed by atoms with Crippen LogP contribution in [0.25, 0.3) is 0 Å². The highest BCUT2D eigenvalue weighted by Crippen LogP contribution is 2.26. The van der Waals surface area contributed by atoms with Gasteiger partial charge in [-0.15, -0.1) is 0 Å². The maximum atomic E-state index is 12.3. The quantitative estimate of drug-likeness (QED) is 0.798. The Morgan fingerprint density at radius 3 is 2.81 bits per heavy atom. The number of halogens is 2. The summed E-state index contributed by atoms with van der Waals surface area (Å²) < 4.78 is 6.03. The SMILES string of the molecule is COCc1c(Br)cccc1NC(=O)c1ccc(Cl)c(N)c1. The van der Waals surface area contributed by atoms with Crippen LogP contribution in [-0.4, -0.2) is 13.0 Å². The van der Waals surface area contributed by atoms with E-state index >= 15 is 0 Å². The zero-order valence-corrected chi connectivity index (χ0v) is 13.7. The Balaban J connectivity index is 2.27. The summed E-state index contributed by atoms with van der Waals surface area (Å²) in [7, 11) is 1.60. The number of nitrogens with two attached hydrogens (primary N) is 1. The van der Waals surface area contributed by atoms with Gasteiger partial charge >= 0.3 is 0 Å². The van der Waals surface area contributed by atoms with Gasteiger partial charge in [-0.05, 0) is 30.3 Å². The molecular formula is C15H14BrClN2O2. The number of carbonyl (C=O) groups excluding carboxylic acids is 1. The van der Waals surface area contributed by atoms with E-state index in [9.17, 15) is 4.79 Å². The van der Waals surface area contributed by atoms with Crippen molar-refractivity contribution in [1.82, 2.24) is 0 Å². The Morgan fingerprint density at radius 2 is 2.14 bits per heavy atom. The van der Waals surface area contributed by atoms with Crippen LogP contribution in [0.3, 0.4) is 0 Å². The Hall–Kier alpha value is -1.56. The topological polar surface area (TPSA) is 64.3 Å². The third-order valence-electron chi connectivity index (χ3n) is 2.91. The first-order valence-corrected chi connectivity index (χ1v) is 7.32. The summed E-state index contributed by atoms with van der Waals surface area (Å²) >= 11 is 9.30. The maximum absolute atomic E-state index is 12.3. The molecule has 2 rings (SSSR count). The number of anilines is 2. The molecule has 0 aliphatic carbocycles. The molecule has 0 bridgehead atoms. The molecule has 2 aromatic carbocycles. The molecule has 0 radical (unpaired) electrons. The highest BCUT2D eigenvalue weighted by Gasteiger charge is 2.12. The van der Waals surface area contributed by atoms with Crippen LogP contribution in [0.1, 0.15) is 15.9 Å². The Bertz CT molecular complexity index is 677. The van der Waals surface area contributed by atoms with E-state index in [0.717, 1.165) is 10.0 Å². The Morgan fingerprint density at radius 1 is 1.38 bits per heavy atom. The highest BCUT2D eigenvalue weighted by atomic mass is 79.9. The number of hydrogen-bond donors (Lipinski definition) is 2. The first-order chi connectivity index (χ1) is 10.0. The van der Waals surface area contributed by atoms with Gasteiger partial charge in [0.1, 0.15) is 0 Å². The van der Waals surface area contributed by atoms with Gasteiger partial charge in [0, 0.05) is 28.4 Å². The molecule has 0 aliphatic heterocycles. The summed E-state index contributed by atoms with van der Waals surface area (Å²) in [6, 6.07) is 10.3. The number of ether oxygens (including phenoxy) is 1. The van der Waals surface area contributed by atoms with Gasteiger partial charge in [0.25, 0.3) is 5.91 Å². The van der Waals surface area contributed by atoms with Gasteiger partial charge in [-0.25, -0.2) is 0 Å². The van der Waals surface area contributed by atoms with E-state index in [4.69, 9.17) is 22.1 Å². The smallest absolute Gasteiger partial charge is 0.255 e. The molecule has 0 spiro atoms. The van der Waals surface area contributed by atoms with Crippen LogP contribution in [0.15, 0.2) is 40.9 Å². The van der Waals surface area contributed by atoms with Crippen molar-refractivity contribution in [1.29, 1.82) is 0 Å². The van der Waals surface area contributed by atoms with Gasteiger partial charge in [0.15, 0.2) is 0 Å². The first-order valence-electron chi connectivity index (χ1n) is 6.15. The van der Waals surface area contributed by atoms with Crippen LogP contribution in [0.5, 0.6) is 0 Å². The fourth-order valence-corrected chi connectivity index (χ4v) is 2.44. The second-order valence-electron chi connectivity index (χ2n) is 4.39. The van der Waals surface area contributed by atoms with Crippen LogP contribution in [0.2, 0.25) is 5.02 Å². The number of nitrogen functional groups attached to an aromatic ring is 1. The third kappa shape index (κ3) is 3.75. The first kappa shape index (κ1) is 15.8. The summed E-state index contributed by atoms with van der Waals surface area (Å²) in [4.78, 5) is 12.3. The summed E-state index contributed by atoms with van der Waals surface area (Å²) in [5, 5.41) is 3.28. The molecule has 0 aliphatic rings. The Kier molecular flexibility index (Phi) is 5.22. The lowest BCUT2D eigenvalue weighted by Gasteiger charge is -2.12. The molecule has 1 amide bonds. The molecule has 0 saturated heterocycles. The summed E-state index contributed by atoms with van der Waals surface area (Å²) in [6.07, 6.45) is 0. The largest absolute Gasteiger partial charge is 0.398 e. The van der Waals surface area contributed by atoms with E-state index in [2.05, 4.69) is 21.2 Å². The van der Waals surface area contributed by atoms with Crippen molar-refractivity contribution in [3.8, 4) is 0 Å². The lowest BCUT2D eigenvalue weighted by Crippen LogP contribution is -2.14. The summed E-state index contributed by atoms with van der Waals surface area (Å²) in [5.41, 5.74) is 8.09. The average molecular weight is 370 g/mol. The summed E-state index contributed by atoms with van der Waals surface area (Å²) in [6.45, 7) is 0.389. The van der Waals surface area contributed by atoms with E-state index < -0.39 is 0 Å². The molecule has 3 N–H and O–H groups in total. The van der Waals surface area contributed by atoms with Crippen LogP contribution in [0.4, 0.5) is 11.4 Å². The summed E-state index contributed by atoms with van der Waals surface area (Å²) in [5.74, 6) is -0.256. The van der Waals surface area contributed by atoms with Crippen molar-refractivity contribution >= 4 is 44.8 Å². The van der Waals surface area contributed by atoms with E-state index in [1.54, 1.807) is 25.3 Å². The molecule has 0 aromatic heterocycles. The zero-order valence-electron chi connectivity index (χ0n) is 11.3. The maximum Gasteiger partial charge on any atom is 0.255 e. The van der Waals surface area contributed by atoms with Crippen LogP contribution in [0, 0.1) is 0 Å². The predicted molar refractivity (Wildman–Crippen MR) is 88.7 cm³/mol. The van der Waals surface area contributed by atoms with Gasteiger partial charge in [-0.3, -0.25) is 4.79 Å². The molecule has 0 saturated carbocycles. The minimum Gasteiger partial charge on any atom is -0.398 e.